The van der Waals surface area contributed by atoms with Crippen molar-refractivity contribution >= 4 is 45.1 Å². The predicted molar refractivity (Wildman–Crippen MR) is 106 cm³/mol. The molecular weight excluding hydrogens is 332 g/mol. The van der Waals surface area contributed by atoms with Crippen LogP contribution >= 0.6 is 23.1 Å². The summed E-state index contributed by atoms with van der Waals surface area (Å²) in [4.78, 5) is 3.67. The molecule has 0 saturated carbocycles. The van der Waals surface area contributed by atoms with Crippen LogP contribution in [-0.2, 0) is 7.05 Å². The molecule has 0 atom stereocenters. The predicted octanol–water partition coefficient (Wildman–Crippen LogP) is 5.13. The van der Waals surface area contributed by atoms with E-state index < -0.39 is 0 Å². The number of thiazole rings is 1. The molecule has 0 saturated heterocycles. The summed E-state index contributed by atoms with van der Waals surface area (Å²) in [6.45, 7) is 6.90. The van der Waals surface area contributed by atoms with Crippen LogP contribution in [0.3, 0.4) is 0 Å². The highest BCUT2D eigenvalue weighted by molar-refractivity contribution is 8.03. The molecule has 0 fully saturated rings. The highest BCUT2D eigenvalue weighted by Crippen LogP contribution is 2.47. The fraction of sp³-hybridized carbons (Fsp3) is 0.150. The summed E-state index contributed by atoms with van der Waals surface area (Å²) in [5.41, 5.74) is 3.85. The van der Waals surface area contributed by atoms with Gasteiger partial charge in [0.1, 0.15) is 11.7 Å². The number of nitrogens with zero attached hydrogens (tertiary/aromatic N) is 2. The summed E-state index contributed by atoms with van der Waals surface area (Å²) in [6, 6.07) is 15.2. The zero-order valence-electron chi connectivity index (χ0n) is 13.8. The maximum Gasteiger partial charge on any atom is 0.265 e. The van der Waals surface area contributed by atoms with Crippen molar-refractivity contribution in [1.82, 2.24) is 0 Å². The van der Waals surface area contributed by atoms with Gasteiger partial charge in [-0.3, -0.25) is 0 Å². The molecule has 2 aromatic carbocycles. The number of aryl methyl sites for hydroxylation is 2. The first-order valence-electron chi connectivity index (χ1n) is 7.93. The minimum Gasteiger partial charge on any atom is -0.331 e. The maximum atomic E-state index is 3.93. The number of rotatable bonds is 3. The highest BCUT2D eigenvalue weighted by Gasteiger charge is 2.26. The molecular formula is C20H19N2S2+. The molecule has 24 heavy (non-hydrogen) atoms. The van der Waals surface area contributed by atoms with Gasteiger partial charge < -0.3 is 4.90 Å². The molecule has 2 nitrogen and oxygen atoms in total. The number of thioether (sulfide) groups is 1. The molecule has 2 heterocycles. The lowest BCUT2D eigenvalue weighted by molar-refractivity contribution is -0.642. The summed E-state index contributed by atoms with van der Waals surface area (Å²) in [7, 11) is 2.14. The van der Waals surface area contributed by atoms with Crippen molar-refractivity contribution in [3.8, 4) is 0 Å². The van der Waals surface area contributed by atoms with E-state index in [1.807, 2.05) is 29.2 Å². The second-order valence-electron chi connectivity index (χ2n) is 5.92. The minimum absolute atomic E-state index is 0.823. The molecule has 0 N–H and O–H groups in total. The first kappa shape index (κ1) is 15.5. The normalized spacial score (nSPS) is 15.2. The van der Waals surface area contributed by atoms with Crippen molar-refractivity contribution in [2.75, 3.05) is 11.4 Å². The van der Waals surface area contributed by atoms with Crippen LogP contribution in [0.2, 0.25) is 0 Å². The Labute approximate surface area is 150 Å². The standard InChI is InChI=1S/C20H19N2S2/c1-4-11-22-16-12-14(2)9-10-18(16)24-20(22)13-19-21(3)15-7-5-6-8-17(15)23-19/h4-10,12-13H,1,11H2,2-3H3/q+1. The van der Waals surface area contributed by atoms with Crippen LogP contribution in [0.15, 0.2) is 65.0 Å². The number of hydrogen-bond donors (Lipinski definition) is 0. The minimum atomic E-state index is 0.823. The summed E-state index contributed by atoms with van der Waals surface area (Å²) in [5.74, 6) is 0. The van der Waals surface area contributed by atoms with Gasteiger partial charge >= 0.3 is 0 Å². The van der Waals surface area contributed by atoms with Crippen LogP contribution in [-0.4, -0.2) is 6.54 Å². The van der Waals surface area contributed by atoms with E-state index in [0.717, 1.165) is 6.54 Å². The average Bonchev–Trinajstić information content (AvgIpc) is 3.07. The van der Waals surface area contributed by atoms with Crippen LogP contribution < -0.4 is 9.47 Å². The van der Waals surface area contributed by atoms with E-state index in [1.54, 1.807) is 0 Å². The van der Waals surface area contributed by atoms with Crippen LogP contribution in [0.4, 0.5) is 5.69 Å². The van der Waals surface area contributed by atoms with Crippen LogP contribution in [0.5, 0.6) is 0 Å². The fourth-order valence-electron chi connectivity index (χ4n) is 2.99. The van der Waals surface area contributed by atoms with Gasteiger partial charge in [0.25, 0.3) is 5.01 Å². The van der Waals surface area contributed by atoms with Gasteiger partial charge in [-0.05, 0) is 30.7 Å². The number of anilines is 1. The van der Waals surface area contributed by atoms with E-state index in [4.69, 9.17) is 0 Å². The molecule has 120 valence electrons. The van der Waals surface area contributed by atoms with Gasteiger partial charge in [-0.2, -0.15) is 4.57 Å². The van der Waals surface area contributed by atoms with Crippen molar-refractivity contribution in [1.29, 1.82) is 0 Å². The summed E-state index contributed by atoms with van der Waals surface area (Å²) >= 11 is 3.67. The zero-order valence-corrected chi connectivity index (χ0v) is 15.5. The van der Waals surface area contributed by atoms with Gasteiger partial charge in [-0.1, -0.05) is 47.4 Å². The van der Waals surface area contributed by atoms with Gasteiger partial charge in [0.15, 0.2) is 0 Å². The van der Waals surface area contributed by atoms with E-state index in [2.05, 4.69) is 78.6 Å². The molecule has 3 aromatic rings. The number of aromatic nitrogens is 1. The molecule has 1 aromatic heterocycles. The SMILES string of the molecule is C=CCN1C(=Cc2sc3ccccc3[n+]2C)Sc2ccc(C)cc21. The molecule has 0 amide bonds. The fourth-order valence-corrected chi connectivity index (χ4v) is 5.24. The molecule has 4 heteroatoms. The van der Waals surface area contributed by atoms with Crippen molar-refractivity contribution < 1.29 is 4.57 Å². The van der Waals surface area contributed by atoms with E-state index in [9.17, 15) is 0 Å². The van der Waals surface area contributed by atoms with Gasteiger partial charge in [0.2, 0.25) is 5.52 Å². The molecule has 0 spiro atoms. The summed E-state index contributed by atoms with van der Waals surface area (Å²) < 4.78 is 3.59. The molecule has 1 aliphatic rings. The Balaban J connectivity index is 1.81. The molecule has 0 radical (unpaired) electrons. The summed E-state index contributed by atoms with van der Waals surface area (Å²) in [5, 5.41) is 2.52. The maximum absolute atomic E-state index is 3.93. The third-order valence-electron chi connectivity index (χ3n) is 4.22. The van der Waals surface area contributed by atoms with Crippen molar-refractivity contribution in [2.45, 2.75) is 11.8 Å². The Morgan fingerprint density at radius 1 is 1.21 bits per heavy atom. The largest absolute Gasteiger partial charge is 0.331 e. The van der Waals surface area contributed by atoms with Gasteiger partial charge in [-0.25, -0.2) is 0 Å². The first-order chi connectivity index (χ1) is 11.7. The number of benzene rings is 2. The third-order valence-corrected chi connectivity index (χ3v) is 6.49. The van der Waals surface area contributed by atoms with E-state index >= 15 is 0 Å². The van der Waals surface area contributed by atoms with E-state index in [-0.39, 0.29) is 0 Å². The Bertz CT molecular complexity index is 969. The number of hydrogen-bond acceptors (Lipinski definition) is 3. The molecule has 0 aliphatic carbocycles. The van der Waals surface area contributed by atoms with Crippen molar-refractivity contribution in [2.24, 2.45) is 7.05 Å². The van der Waals surface area contributed by atoms with Gasteiger partial charge in [0.05, 0.1) is 16.8 Å². The quantitative estimate of drug-likeness (QED) is 0.477. The van der Waals surface area contributed by atoms with Crippen LogP contribution in [0, 0.1) is 6.92 Å². The molecule has 4 rings (SSSR count). The van der Waals surface area contributed by atoms with Gasteiger partial charge in [-0.15, -0.1) is 6.58 Å². The summed E-state index contributed by atoms with van der Waals surface area (Å²) in [6.07, 6.45) is 4.27. The monoisotopic (exact) mass is 351 g/mol. The topological polar surface area (TPSA) is 7.12 Å². The number of para-hydroxylation sites is 1. The van der Waals surface area contributed by atoms with Crippen LogP contribution in [0.25, 0.3) is 16.3 Å². The van der Waals surface area contributed by atoms with E-state index in [1.165, 1.54) is 36.4 Å². The van der Waals surface area contributed by atoms with Crippen molar-refractivity contribution in [3.63, 3.8) is 0 Å². The first-order valence-corrected chi connectivity index (χ1v) is 9.57. The zero-order chi connectivity index (χ0) is 16.7. The molecule has 1 aliphatic heterocycles. The molecule has 0 bridgehead atoms. The number of fused-ring (bicyclic) bond motifs is 2. The lowest BCUT2D eigenvalue weighted by Gasteiger charge is -2.18. The second kappa shape index (κ2) is 6.11. The average molecular weight is 352 g/mol. The third kappa shape index (κ3) is 2.56. The van der Waals surface area contributed by atoms with Crippen molar-refractivity contribution in [3.05, 3.63) is 70.7 Å². The Kier molecular flexibility index (Phi) is 3.94. The highest BCUT2D eigenvalue weighted by atomic mass is 32.2. The van der Waals surface area contributed by atoms with Crippen LogP contribution in [0.1, 0.15) is 10.6 Å². The molecule has 0 unspecified atom stereocenters. The second-order valence-corrected chi connectivity index (χ2v) is 8.05. The Hall–Kier alpha value is -2.04. The Morgan fingerprint density at radius 2 is 2.04 bits per heavy atom. The lowest BCUT2D eigenvalue weighted by atomic mass is 10.2. The smallest absolute Gasteiger partial charge is 0.265 e. The van der Waals surface area contributed by atoms with Gasteiger partial charge in [0, 0.05) is 17.5 Å². The lowest BCUT2D eigenvalue weighted by Crippen LogP contribution is -2.29. The Morgan fingerprint density at radius 3 is 2.83 bits per heavy atom. The van der Waals surface area contributed by atoms with E-state index in [0.29, 0.717) is 0 Å².